The molecule has 28 heavy (non-hydrogen) atoms. The second-order valence-corrected chi connectivity index (χ2v) is 7.00. The summed E-state index contributed by atoms with van der Waals surface area (Å²) in [4.78, 5) is 36.6. The Balaban J connectivity index is 1.66. The highest BCUT2D eigenvalue weighted by Crippen LogP contribution is 2.30. The molecule has 0 radical (unpaired) electrons. The standard InChI is InChI=1S/C19H20N4O4S/c1-3-20-16(24)10-21-17(25)11-27-19(26)15-9-14-12(2)22-23(18(14)28-15)13-7-5-4-6-8-13/h4-9H,3,10-11H2,1-2H3,(H,20,24)(H,21,25). The molecule has 0 bridgehead atoms. The summed E-state index contributed by atoms with van der Waals surface area (Å²) in [5, 5.41) is 10.3. The summed E-state index contributed by atoms with van der Waals surface area (Å²) in [6.07, 6.45) is 0. The lowest BCUT2D eigenvalue weighted by atomic mass is 10.3. The van der Waals surface area contributed by atoms with E-state index in [0.29, 0.717) is 11.4 Å². The SMILES string of the molecule is CCNC(=O)CNC(=O)COC(=O)c1cc2c(C)nn(-c3ccccc3)c2s1. The van der Waals surface area contributed by atoms with E-state index in [-0.39, 0.29) is 12.5 Å². The van der Waals surface area contributed by atoms with Crippen LogP contribution in [0.5, 0.6) is 0 Å². The third-order valence-electron chi connectivity index (χ3n) is 3.90. The number of para-hydroxylation sites is 1. The van der Waals surface area contributed by atoms with Gasteiger partial charge in [0.15, 0.2) is 6.61 Å². The van der Waals surface area contributed by atoms with Crippen LogP contribution in [-0.4, -0.2) is 47.3 Å². The fourth-order valence-corrected chi connectivity index (χ4v) is 3.66. The Morgan fingerprint density at radius 1 is 1.14 bits per heavy atom. The highest BCUT2D eigenvalue weighted by Gasteiger charge is 2.19. The molecule has 8 nitrogen and oxygen atoms in total. The molecule has 3 aromatic rings. The second-order valence-electron chi connectivity index (χ2n) is 5.97. The highest BCUT2D eigenvalue weighted by atomic mass is 32.1. The van der Waals surface area contributed by atoms with Gasteiger partial charge in [-0.25, -0.2) is 9.48 Å². The number of aryl methyl sites for hydroxylation is 1. The molecule has 2 aromatic heterocycles. The van der Waals surface area contributed by atoms with Gasteiger partial charge >= 0.3 is 5.97 Å². The first-order valence-corrected chi connectivity index (χ1v) is 9.56. The van der Waals surface area contributed by atoms with Gasteiger partial charge in [0.05, 0.1) is 17.9 Å². The third kappa shape index (κ3) is 4.37. The lowest BCUT2D eigenvalue weighted by Gasteiger charge is -2.06. The van der Waals surface area contributed by atoms with Crippen molar-refractivity contribution >= 4 is 39.3 Å². The number of carbonyl (C=O) groups excluding carboxylic acids is 3. The van der Waals surface area contributed by atoms with Crippen LogP contribution < -0.4 is 10.6 Å². The summed E-state index contributed by atoms with van der Waals surface area (Å²) in [5.74, 6) is -1.42. The predicted molar refractivity (Wildman–Crippen MR) is 106 cm³/mol. The summed E-state index contributed by atoms with van der Waals surface area (Å²) < 4.78 is 6.85. The van der Waals surface area contributed by atoms with Gasteiger partial charge in [-0.2, -0.15) is 5.10 Å². The van der Waals surface area contributed by atoms with Crippen LogP contribution in [0.25, 0.3) is 15.9 Å². The Kier molecular flexibility index (Phi) is 6.05. The van der Waals surface area contributed by atoms with Crippen LogP contribution in [0.2, 0.25) is 0 Å². The lowest BCUT2D eigenvalue weighted by molar-refractivity contribution is -0.127. The molecule has 3 rings (SSSR count). The molecule has 0 atom stereocenters. The average Bonchev–Trinajstić information content (AvgIpc) is 3.26. The van der Waals surface area contributed by atoms with Crippen molar-refractivity contribution in [2.45, 2.75) is 13.8 Å². The molecule has 0 unspecified atom stereocenters. The Bertz CT molecular complexity index is 1010. The lowest BCUT2D eigenvalue weighted by Crippen LogP contribution is -2.38. The molecule has 2 heterocycles. The number of ether oxygens (including phenoxy) is 1. The zero-order chi connectivity index (χ0) is 20.1. The predicted octanol–water partition coefficient (Wildman–Crippen LogP) is 1.80. The molecule has 2 amide bonds. The van der Waals surface area contributed by atoms with E-state index < -0.39 is 18.5 Å². The molecule has 0 fully saturated rings. The molecule has 0 aliphatic rings. The highest BCUT2D eigenvalue weighted by molar-refractivity contribution is 7.20. The maximum absolute atomic E-state index is 12.3. The summed E-state index contributed by atoms with van der Waals surface area (Å²) in [7, 11) is 0. The monoisotopic (exact) mass is 400 g/mol. The van der Waals surface area contributed by atoms with E-state index in [1.807, 2.05) is 37.3 Å². The molecule has 9 heteroatoms. The van der Waals surface area contributed by atoms with Crippen molar-refractivity contribution in [3.63, 3.8) is 0 Å². The molecule has 0 saturated heterocycles. The number of hydrogen-bond acceptors (Lipinski definition) is 6. The van der Waals surface area contributed by atoms with Crippen molar-refractivity contribution in [1.82, 2.24) is 20.4 Å². The zero-order valence-corrected chi connectivity index (χ0v) is 16.3. The molecule has 0 aliphatic carbocycles. The normalized spacial score (nSPS) is 10.6. The van der Waals surface area contributed by atoms with Crippen LogP contribution in [0, 0.1) is 6.92 Å². The largest absolute Gasteiger partial charge is 0.451 e. The van der Waals surface area contributed by atoms with E-state index in [9.17, 15) is 14.4 Å². The van der Waals surface area contributed by atoms with E-state index in [2.05, 4.69) is 15.7 Å². The molecule has 2 N–H and O–H groups in total. The minimum Gasteiger partial charge on any atom is -0.451 e. The molecular formula is C19H20N4O4S. The number of esters is 1. The minimum absolute atomic E-state index is 0.154. The number of rotatable bonds is 7. The number of likely N-dealkylation sites (N-methyl/N-ethyl adjacent to an activating group) is 1. The van der Waals surface area contributed by atoms with Crippen LogP contribution >= 0.6 is 11.3 Å². The minimum atomic E-state index is -0.589. The fraction of sp³-hybridized carbons (Fsp3) is 0.263. The van der Waals surface area contributed by atoms with E-state index in [4.69, 9.17) is 4.74 Å². The van der Waals surface area contributed by atoms with Crippen LogP contribution in [0.3, 0.4) is 0 Å². The first kappa shape index (κ1) is 19.6. The summed E-state index contributed by atoms with van der Waals surface area (Å²) in [5.41, 5.74) is 1.70. The first-order valence-electron chi connectivity index (χ1n) is 8.74. The maximum atomic E-state index is 12.3. The van der Waals surface area contributed by atoms with E-state index in [0.717, 1.165) is 21.6 Å². The quantitative estimate of drug-likeness (QED) is 0.589. The van der Waals surface area contributed by atoms with E-state index in [1.165, 1.54) is 11.3 Å². The molecule has 0 spiro atoms. The number of nitrogens with zero attached hydrogens (tertiary/aromatic N) is 2. The maximum Gasteiger partial charge on any atom is 0.348 e. The topological polar surface area (TPSA) is 102 Å². The van der Waals surface area contributed by atoms with Gasteiger partial charge in [0.2, 0.25) is 5.91 Å². The van der Waals surface area contributed by atoms with Gasteiger partial charge in [-0.05, 0) is 32.0 Å². The van der Waals surface area contributed by atoms with Crippen LogP contribution in [0.4, 0.5) is 0 Å². The average molecular weight is 400 g/mol. The van der Waals surface area contributed by atoms with Gasteiger partial charge in [0, 0.05) is 11.9 Å². The van der Waals surface area contributed by atoms with Crippen molar-refractivity contribution in [3.8, 4) is 5.69 Å². The fourth-order valence-electron chi connectivity index (χ4n) is 2.58. The number of thiophene rings is 1. The number of fused-ring (bicyclic) bond motifs is 1. The van der Waals surface area contributed by atoms with Crippen LogP contribution in [-0.2, 0) is 14.3 Å². The Hall–Kier alpha value is -3.20. The number of benzene rings is 1. The Labute approximate surface area is 165 Å². The van der Waals surface area contributed by atoms with Crippen LogP contribution in [0.15, 0.2) is 36.4 Å². The first-order chi connectivity index (χ1) is 13.5. The van der Waals surface area contributed by atoms with Gasteiger partial charge in [0.1, 0.15) is 9.71 Å². The van der Waals surface area contributed by atoms with E-state index in [1.54, 1.807) is 17.7 Å². The molecule has 1 aromatic carbocycles. The molecular weight excluding hydrogens is 380 g/mol. The van der Waals surface area contributed by atoms with Gasteiger partial charge < -0.3 is 15.4 Å². The number of hydrogen-bond donors (Lipinski definition) is 2. The van der Waals surface area contributed by atoms with Crippen molar-refractivity contribution in [2.24, 2.45) is 0 Å². The number of aromatic nitrogens is 2. The summed E-state index contributed by atoms with van der Waals surface area (Å²) >= 11 is 1.25. The molecule has 0 saturated carbocycles. The second kappa shape index (κ2) is 8.66. The summed E-state index contributed by atoms with van der Waals surface area (Å²) in [6, 6.07) is 11.3. The Morgan fingerprint density at radius 3 is 2.61 bits per heavy atom. The van der Waals surface area contributed by atoms with Crippen LogP contribution in [0.1, 0.15) is 22.3 Å². The van der Waals surface area contributed by atoms with E-state index >= 15 is 0 Å². The number of nitrogens with one attached hydrogen (secondary N) is 2. The number of carbonyl (C=O) groups is 3. The van der Waals surface area contributed by atoms with Gasteiger partial charge in [-0.3, -0.25) is 9.59 Å². The van der Waals surface area contributed by atoms with Gasteiger partial charge in [-0.15, -0.1) is 11.3 Å². The third-order valence-corrected chi connectivity index (χ3v) is 4.99. The zero-order valence-electron chi connectivity index (χ0n) is 15.5. The smallest absolute Gasteiger partial charge is 0.348 e. The van der Waals surface area contributed by atoms with Crippen molar-refractivity contribution in [3.05, 3.63) is 47.0 Å². The van der Waals surface area contributed by atoms with Crippen molar-refractivity contribution in [2.75, 3.05) is 19.7 Å². The Morgan fingerprint density at radius 2 is 1.89 bits per heavy atom. The summed E-state index contributed by atoms with van der Waals surface area (Å²) in [6.45, 7) is 3.54. The van der Waals surface area contributed by atoms with Gasteiger partial charge in [-0.1, -0.05) is 18.2 Å². The van der Waals surface area contributed by atoms with Crippen molar-refractivity contribution in [1.29, 1.82) is 0 Å². The molecule has 0 aliphatic heterocycles. The number of amides is 2. The molecule has 146 valence electrons. The van der Waals surface area contributed by atoms with Gasteiger partial charge in [0.25, 0.3) is 5.91 Å². The van der Waals surface area contributed by atoms with Crippen molar-refractivity contribution < 1.29 is 19.1 Å².